The number of hydrogen-bond donors (Lipinski definition) is 0. The third kappa shape index (κ3) is 3.05. The van der Waals surface area contributed by atoms with Crippen LogP contribution in [0.25, 0.3) is 0 Å². The van der Waals surface area contributed by atoms with Gasteiger partial charge in [0.25, 0.3) is 5.56 Å². The van der Waals surface area contributed by atoms with Crippen molar-refractivity contribution in [3.63, 3.8) is 0 Å². The van der Waals surface area contributed by atoms with Gasteiger partial charge in [0.15, 0.2) is 0 Å². The van der Waals surface area contributed by atoms with Gasteiger partial charge in [-0.25, -0.2) is 0 Å². The molecule has 0 amide bonds. The zero-order chi connectivity index (χ0) is 10.6. The Morgan fingerprint density at radius 1 is 1.50 bits per heavy atom. The molecule has 14 heavy (non-hydrogen) atoms. The molecule has 0 saturated heterocycles. The van der Waals surface area contributed by atoms with Crippen LogP contribution in [0.1, 0.15) is 13.8 Å². The Kier molecular flexibility index (Phi) is 3.45. The van der Waals surface area contributed by atoms with E-state index in [0.717, 1.165) is 0 Å². The third-order valence-electron chi connectivity index (χ3n) is 1.57. The summed E-state index contributed by atoms with van der Waals surface area (Å²) in [5.41, 5.74) is -0.201. The Bertz CT molecular complexity index is 368. The zero-order valence-electron chi connectivity index (χ0n) is 8.27. The van der Waals surface area contributed by atoms with E-state index in [0.29, 0.717) is 0 Å². The maximum Gasteiger partial charge on any atom is 0.326 e. The van der Waals surface area contributed by atoms with Crippen LogP contribution in [0, 0.1) is 0 Å². The van der Waals surface area contributed by atoms with Crippen molar-refractivity contribution in [2.24, 2.45) is 0 Å². The van der Waals surface area contributed by atoms with E-state index in [4.69, 9.17) is 4.74 Å². The normalized spacial score (nSPS) is 10.2. The minimum absolute atomic E-state index is 0.0299. The molecule has 0 aliphatic carbocycles. The summed E-state index contributed by atoms with van der Waals surface area (Å²) < 4.78 is 6.22. The molecule has 0 atom stereocenters. The van der Waals surface area contributed by atoms with Crippen molar-refractivity contribution in [2.45, 2.75) is 26.5 Å². The van der Waals surface area contributed by atoms with Gasteiger partial charge in [-0.3, -0.25) is 9.59 Å². The zero-order valence-corrected chi connectivity index (χ0v) is 8.27. The molecular weight excluding hydrogens is 182 g/mol. The first-order chi connectivity index (χ1) is 6.59. The van der Waals surface area contributed by atoms with E-state index >= 15 is 0 Å². The lowest BCUT2D eigenvalue weighted by atomic mass is 10.4. The van der Waals surface area contributed by atoms with E-state index in [1.807, 2.05) is 0 Å². The summed E-state index contributed by atoms with van der Waals surface area (Å²) in [5.74, 6) is -0.395. The quantitative estimate of drug-likeness (QED) is 0.670. The Morgan fingerprint density at radius 3 is 2.79 bits per heavy atom. The van der Waals surface area contributed by atoms with Crippen LogP contribution in [-0.4, -0.2) is 16.6 Å². The minimum atomic E-state index is -0.395. The van der Waals surface area contributed by atoms with Crippen LogP contribution >= 0.6 is 0 Å². The fourth-order valence-electron chi connectivity index (χ4n) is 1.03. The highest BCUT2D eigenvalue weighted by molar-refractivity contribution is 5.69. The Labute approximate surface area is 82.1 Å². The van der Waals surface area contributed by atoms with Gasteiger partial charge in [0.2, 0.25) is 0 Å². The standard InChI is InChI=1S/C10H13NO3/c1-8(2)14-10(13)7-11-6-4-3-5-9(11)12/h3-6,8H,7H2,1-2H3. The number of aromatic nitrogens is 1. The summed E-state index contributed by atoms with van der Waals surface area (Å²) in [6.45, 7) is 3.51. The van der Waals surface area contributed by atoms with Crippen molar-refractivity contribution < 1.29 is 9.53 Å². The van der Waals surface area contributed by atoms with Gasteiger partial charge >= 0.3 is 5.97 Å². The number of pyridine rings is 1. The number of carbonyl (C=O) groups excluding carboxylic acids is 1. The molecule has 0 unspecified atom stereocenters. The van der Waals surface area contributed by atoms with E-state index in [9.17, 15) is 9.59 Å². The van der Waals surface area contributed by atoms with Crippen LogP contribution in [0.3, 0.4) is 0 Å². The van der Waals surface area contributed by atoms with Gasteiger partial charge < -0.3 is 9.30 Å². The number of esters is 1. The fourth-order valence-corrected chi connectivity index (χ4v) is 1.03. The van der Waals surface area contributed by atoms with Crippen LogP contribution in [-0.2, 0) is 16.1 Å². The number of nitrogens with zero attached hydrogens (tertiary/aromatic N) is 1. The first kappa shape index (κ1) is 10.5. The lowest BCUT2D eigenvalue weighted by Gasteiger charge is -2.08. The summed E-state index contributed by atoms with van der Waals surface area (Å²) in [5, 5.41) is 0. The van der Waals surface area contributed by atoms with Gasteiger partial charge in [0, 0.05) is 12.3 Å². The molecule has 0 spiro atoms. The minimum Gasteiger partial charge on any atom is -0.462 e. The van der Waals surface area contributed by atoms with Crippen LogP contribution < -0.4 is 5.56 Å². The topological polar surface area (TPSA) is 48.3 Å². The molecule has 0 aliphatic rings. The van der Waals surface area contributed by atoms with E-state index in [2.05, 4.69) is 0 Å². The molecule has 0 fully saturated rings. The van der Waals surface area contributed by atoms with Gasteiger partial charge in [-0.15, -0.1) is 0 Å². The second-order valence-corrected chi connectivity index (χ2v) is 3.21. The van der Waals surface area contributed by atoms with Gasteiger partial charge in [-0.1, -0.05) is 6.07 Å². The monoisotopic (exact) mass is 195 g/mol. The van der Waals surface area contributed by atoms with Crippen LogP contribution in [0.5, 0.6) is 0 Å². The number of rotatable bonds is 3. The number of carbonyl (C=O) groups is 1. The van der Waals surface area contributed by atoms with Gasteiger partial charge in [-0.05, 0) is 19.9 Å². The Morgan fingerprint density at radius 2 is 2.21 bits per heavy atom. The van der Waals surface area contributed by atoms with Crippen molar-refractivity contribution >= 4 is 5.97 Å². The highest BCUT2D eigenvalue weighted by Crippen LogP contribution is 1.91. The molecular formula is C10H13NO3. The number of ether oxygens (including phenoxy) is 1. The van der Waals surface area contributed by atoms with Gasteiger partial charge in [0.05, 0.1) is 6.10 Å². The van der Waals surface area contributed by atoms with Gasteiger partial charge in [0.1, 0.15) is 6.54 Å². The molecule has 1 heterocycles. The van der Waals surface area contributed by atoms with Crippen molar-refractivity contribution in [3.8, 4) is 0 Å². The maximum absolute atomic E-state index is 11.2. The smallest absolute Gasteiger partial charge is 0.326 e. The Balaban J connectivity index is 2.65. The SMILES string of the molecule is CC(C)OC(=O)Cn1ccccc1=O. The predicted octanol–water partition coefficient (Wildman–Crippen LogP) is 0.800. The second-order valence-electron chi connectivity index (χ2n) is 3.21. The molecule has 76 valence electrons. The molecule has 0 bridgehead atoms. The summed E-state index contributed by atoms with van der Waals surface area (Å²) in [6.07, 6.45) is 1.41. The molecule has 1 rings (SSSR count). The van der Waals surface area contributed by atoms with Crippen molar-refractivity contribution in [1.29, 1.82) is 0 Å². The molecule has 0 N–H and O–H groups in total. The van der Waals surface area contributed by atoms with Crippen molar-refractivity contribution in [2.75, 3.05) is 0 Å². The number of hydrogen-bond acceptors (Lipinski definition) is 3. The lowest BCUT2D eigenvalue weighted by molar-refractivity contribution is -0.148. The predicted molar refractivity (Wildman–Crippen MR) is 51.9 cm³/mol. The highest BCUT2D eigenvalue weighted by atomic mass is 16.5. The first-order valence-corrected chi connectivity index (χ1v) is 4.44. The molecule has 1 aromatic heterocycles. The second kappa shape index (κ2) is 4.60. The largest absolute Gasteiger partial charge is 0.462 e. The van der Waals surface area contributed by atoms with Gasteiger partial charge in [-0.2, -0.15) is 0 Å². The molecule has 0 radical (unpaired) electrons. The van der Waals surface area contributed by atoms with Crippen molar-refractivity contribution in [1.82, 2.24) is 4.57 Å². The van der Waals surface area contributed by atoms with E-state index in [-0.39, 0.29) is 18.2 Å². The van der Waals surface area contributed by atoms with Crippen LogP contribution in [0.15, 0.2) is 29.2 Å². The average Bonchev–Trinajstić information content (AvgIpc) is 2.07. The van der Waals surface area contributed by atoms with Crippen molar-refractivity contribution in [3.05, 3.63) is 34.7 Å². The molecule has 4 nitrogen and oxygen atoms in total. The van der Waals surface area contributed by atoms with E-state index < -0.39 is 5.97 Å². The van der Waals surface area contributed by atoms with Crippen LogP contribution in [0.4, 0.5) is 0 Å². The Hall–Kier alpha value is -1.58. The van der Waals surface area contributed by atoms with Crippen LogP contribution in [0.2, 0.25) is 0 Å². The summed E-state index contributed by atoms with van der Waals surface area (Å²) in [6, 6.07) is 4.74. The summed E-state index contributed by atoms with van der Waals surface area (Å²) in [7, 11) is 0. The molecule has 0 saturated carbocycles. The average molecular weight is 195 g/mol. The molecule has 1 aromatic rings. The third-order valence-corrected chi connectivity index (χ3v) is 1.57. The summed E-state index contributed by atoms with van der Waals surface area (Å²) in [4.78, 5) is 22.4. The highest BCUT2D eigenvalue weighted by Gasteiger charge is 2.06. The lowest BCUT2D eigenvalue weighted by Crippen LogP contribution is -2.25. The molecule has 0 aliphatic heterocycles. The molecule has 0 aromatic carbocycles. The van der Waals surface area contributed by atoms with E-state index in [1.165, 1.54) is 10.6 Å². The maximum atomic E-state index is 11.2. The molecule has 4 heteroatoms. The van der Waals surface area contributed by atoms with E-state index in [1.54, 1.807) is 32.2 Å². The first-order valence-electron chi connectivity index (χ1n) is 4.44. The summed E-state index contributed by atoms with van der Waals surface area (Å²) >= 11 is 0. The fraction of sp³-hybridized carbons (Fsp3) is 0.400.